The molecule has 1 spiro atoms. The average molecular weight is 299 g/mol. The van der Waals surface area contributed by atoms with Crippen LogP contribution in [0.25, 0.3) is 0 Å². The molecule has 0 aliphatic carbocycles. The van der Waals surface area contributed by atoms with Crippen molar-refractivity contribution in [3.63, 3.8) is 0 Å². The van der Waals surface area contributed by atoms with E-state index < -0.39 is 0 Å². The minimum atomic E-state index is 0.142. The smallest absolute Gasteiger partial charge is 0.0783 e. The molecule has 2 N–H and O–H groups in total. The molecular weight excluding hydrogens is 270 g/mol. The van der Waals surface area contributed by atoms with E-state index in [0.29, 0.717) is 30.0 Å². The molecule has 3 aliphatic heterocycles. The van der Waals surface area contributed by atoms with Gasteiger partial charge >= 0.3 is 0 Å². The maximum absolute atomic E-state index is 6.71. The van der Waals surface area contributed by atoms with Crippen molar-refractivity contribution in [2.24, 2.45) is 23.5 Å². The molecule has 20 heavy (non-hydrogen) atoms. The highest BCUT2D eigenvalue weighted by Gasteiger charge is 2.47. The number of rotatable bonds is 2. The van der Waals surface area contributed by atoms with Crippen molar-refractivity contribution in [1.82, 2.24) is 0 Å². The van der Waals surface area contributed by atoms with Gasteiger partial charge in [0.2, 0.25) is 0 Å². The standard InChI is InChI=1S/C16H29NO2S/c1-10-11(2)19-12(3)14(10)15(17)13-4-6-18-16(8-13)5-7-20-9-16/h10-15H,4-9,17H2,1-3H3. The Hall–Kier alpha value is 0.230. The minimum absolute atomic E-state index is 0.142. The Labute approximate surface area is 127 Å². The molecule has 7 unspecified atom stereocenters. The molecule has 3 saturated heterocycles. The van der Waals surface area contributed by atoms with Gasteiger partial charge in [-0.25, -0.2) is 0 Å². The molecule has 3 fully saturated rings. The van der Waals surface area contributed by atoms with Crippen molar-refractivity contribution in [3.8, 4) is 0 Å². The van der Waals surface area contributed by atoms with Gasteiger partial charge in [-0.2, -0.15) is 11.8 Å². The lowest BCUT2D eigenvalue weighted by Gasteiger charge is -2.42. The zero-order chi connectivity index (χ0) is 14.3. The van der Waals surface area contributed by atoms with Crippen LogP contribution in [-0.2, 0) is 9.47 Å². The van der Waals surface area contributed by atoms with Gasteiger partial charge in [-0.1, -0.05) is 6.92 Å². The molecular formula is C16H29NO2S. The fraction of sp³-hybridized carbons (Fsp3) is 1.00. The first-order valence-electron chi connectivity index (χ1n) is 8.15. The summed E-state index contributed by atoms with van der Waals surface area (Å²) in [4.78, 5) is 0. The molecule has 3 rings (SSSR count). The minimum Gasteiger partial charge on any atom is -0.375 e. The van der Waals surface area contributed by atoms with Crippen LogP contribution in [0.3, 0.4) is 0 Å². The molecule has 116 valence electrons. The third-order valence-electron chi connectivity index (χ3n) is 5.91. The Morgan fingerprint density at radius 1 is 1.25 bits per heavy atom. The summed E-state index contributed by atoms with van der Waals surface area (Å²) in [6, 6.07) is 0.260. The van der Waals surface area contributed by atoms with Gasteiger partial charge < -0.3 is 15.2 Å². The third-order valence-corrected chi connectivity index (χ3v) is 7.13. The van der Waals surface area contributed by atoms with E-state index in [1.54, 1.807) is 0 Å². The maximum atomic E-state index is 6.71. The topological polar surface area (TPSA) is 44.5 Å². The van der Waals surface area contributed by atoms with Crippen LogP contribution in [-0.4, -0.2) is 42.0 Å². The van der Waals surface area contributed by atoms with Gasteiger partial charge in [0.25, 0.3) is 0 Å². The SMILES string of the molecule is CC1OC(C)C(C(N)C2CCOC3(CCSC3)C2)C1C. The van der Waals surface area contributed by atoms with E-state index in [4.69, 9.17) is 15.2 Å². The molecule has 7 atom stereocenters. The van der Waals surface area contributed by atoms with Crippen molar-refractivity contribution in [2.75, 3.05) is 18.1 Å². The van der Waals surface area contributed by atoms with Crippen molar-refractivity contribution in [3.05, 3.63) is 0 Å². The van der Waals surface area contributed by atoms with Crippen LogP contribution in [0.4, 0.5) is 0 Å². The molecule has 0 aromatic carbocycles. The summed E-state index contributed by atoms with van der Waals surface area (Å²) >= 11 is 2.04. The van der Waals surface area contributed by atoms with Gasteiger partial charge in [-0.15, -0.1) is 0 Å². The second-order valence-corrected chi connectivity index (χ2v) is 8.25. The second-order valence-electron chi connectivity index (χ2n) is 7.15. The zero-order valence-electron chi connectivity index (χ0n) is 13.0. The van der Waals surface area contributed by atoms with Gasteiger partial charge in [0.1, 0.15) is 0 Å². The van der Waals surface area contributed by atoms with Crippen LogP contribution in [0, 0.1) is 17.8 Å². The van der Waals surface area contributed by atoms with Crippen LogP contribution in [0.5, 0.6) is 0 Å². The third kappa shape index (κ3) is 2.65. The predicted octanol–water partition coefficient (Wildman–Crippen LogP) is 2.68. The lowest BCUT2D eigenvalue weighted by molar-refractivity contribution is -0.0880. The molecule has 0 radical (unpaired) electrons. The van der Waals surface area contributed by atoms with Crippen molar-refractivity contribution in [1.29, 1.82) is 0 Å². The summed E-state index contributed by atoms with van der Waals surface area (Å²) in [6.07, 6.45) is 4.14. The summed E-state index contributed by atoms with van der Waals surface area (Å²) in [6.45, 7) is 7.59. The summed E-state index contributed by atoms with van der Waals surface area (Å²) in [5.74, 6) is 4.08. The molecule has 4 heteroatoms. The lowest BCUT2D eigenvalue weighted by atomic mass is 9.73. The van der Waals surface area contributed by atoms with Crippen LogP contribution in [0.2, 0.25) is 0 Å². The number of thioether (sulfide) groups is 1. The Morgan fingerprint density at radius 3 is 2.65 bits per heavy atom. The summed E-state index contributed by atoms with van der Waals surface area (Å²) in [7, 11) is 0. The first-order chi connectivity index (χ1) is 9.52. The zero-order valence-corrected chi connectivity index (χ0v) is 13.8. The van der Waals surface area contributed by atoms with Crippen LogP contribution >= 0.6 is 11.8 Å². The summed E-state index contributed by atoms with van der Waals surface area (Å²) < 4.78 is 12.1. The lowest BCUT2D eigenvalue weighted by Crippen LogP contribution is -2.50. The van der Waals surface area contributed by atoms with E-state index in [-0.39, 0.29) is 11.6 Å². The van der Waals surface area contributed by atoms with Crippen molar-refractivity contribution in [2.45, 2.75) is 63.9 Å². The summed E-state index contributed by atoms with van der Waals surface area (Å²) in [5.41, 5.74) is 6.85. The Balaban J connectivity index is 1.69. The van der Waals surface area contributed by atoms with Crippen molar-refractivity contribution < 1.29 is 9.47 Å². The highest BCUT2D eigenvalue weighted by Crippen LogP contribution is 2.44. The molecule has 3 aliphatic rings. The first-order valence-corrected chi connectivity index (χ1v) is 9.31. The van der Waals surface area contributed by atoms with Gasteiger partial charge in [0.15, 0.2) is 0 Å². The van der Waals surface area contributed by atoms with Crippen LogP contribution < -0.4 is 5.73 Å². The van der Waals surface area contributed by atoms with Gasteiger partial charge in [0, 0.05) is 24.3 Å². The summed E-state index contributed by atoms with van der Waals surface area (Å²) in [5, 5.41) is 0. The second kappa shape index (κ2) is 5.79. The molecule has 0 bridgehead atoms. The molecule has 0 saturated carbocycles. The average Bonchev–Trinajstić information content (AvgIpc) is 2.95. The number of nitrogens with two attached hydrogens (primary N) is 1. The van der Waals surface area contributed by atoms with E-state index >= 15 is 0 Å². The first kappa shape index (κ1) is 15.1. The molecule has 3 nitrogen and oxygen atoms in total. The fourth-order valence-electron chi connectivity index (χ4n) is 4.53. The number of ether oxygens (including phenoxy) is 2. The van der Waals surface area contributed by atoms with Gasteiger partial charge in [0.05, 0.1) is 17.8 Å². The number of hydrogen-bond acceptors (Lipinski definition) is 4. The predicted molar refractivity (Wildman–Crippen MR) is 84.0 cm³/mol. The largest absolute Gasteiger partial charge is 0.375 e. The van der Waals surface area contributed by atoms with E-state index in [1.807, 2.05) is 11.8 Å². The number of hydrogen-bond donors (Lipinski definition) is 1. The quantitative estimate of drug-likeness (QED) is 0.851. The van der Waals surface area contributed by atoms with Crippen molar-refractivity contribution >= 4 is 11.8 Å². The van der Waals surface area contributed by atoms with E-state index in [0.717, 1.165) is 19.4 Å². The van der Waals surface area contributed by atoms with Gasteiger partial charge in [-0.05, 0) is 50.7 Å². The normalized spacial score (nSPS) is 50.7. The van der Waals surface area contributed by atoms with E-state index in [1.165, 1.54) is 17.9 Å². The monoisotopic (exact) mass is 299 g/mol. The maximum Gasteiger partial charge on any atom is 0.0783 e. The van der Waals surface area contributed by atoms with E-state index in [9.17, 15) is 0 Å². The van der Waals surface area contributed by atoms with E-state index in [2.05, 4.69) is 20.8 Å². The molecule has 0 aromatic rings. The fourth-order valence-corrected chi connectivity index (χ4v) is 5.91. The Bertz CT molecular complexity index is 345. The highest BCUT2D eigenvalue weighted by molar-refractivity contribution is 7.99. The van der Waals surface area contributed by atoms with Gasteiger partial charge in [-0.3, -0.25) is 0 Å². The molecule has 0 amide bonds. The Morgan fingerprint density at radius 2 is 2.05 bits per heavy atom. The Kier molecular flexibility index (Phi) is 4.38. The molecule has 3 heterocycles. The van der Waals surface area contributed by atoms with Crippen LogP contribution in [0.1, 0.15) is 40.0 Å². The van der Waals surface area contributed by atoms with Crippen LogP contribution in [0.15, 0.2) is 0 Å². The highest BCUT2D eigenvalue weighted by atomic mass is 32.2. The molecule has 0 aromatic heterocycles.